The molecule has 15 heavy (non-hydrogen) atoms. The molecule has 0 spiro atoms. The average molecular weight is 206 g/mol. The Bertz CT molecular complexity index is 458. The normalized spacial score (nSPS) is 11.9. The van der Waals surface area contributed by atoms with E-state index in [0.29, 0.717) is 12.5 Å². The summed E-state index contributed by atoms with van der Waals surface area (Å²) in [4.78, 5) is 4.09. The van der Waals surface area contributed by atoms with Crippen molar-refractivity contribution in [2.45, 2.75) is 19.4 Å². The van der Waals surface area contributed by atoms with E-state index in [-0.39, 0.29) is 5.54 Å². The summed E-state index contributed by atoms with van der Waals surface area (Å²) >= 11 is 0. The minimum Gasteiger partial charge on any atom is -0.475 e. The van der Waals surface area contributed by atoms with Crippen LogP contribution in [0.3, 0.4) is 0 Å². The summed E-state index contributed by atoms with van der Waals surface area (Å²) < 4.78 is 7.13. The number of nitrogens with zero attached hydrogens (tertiary/aromatic N) is 3. The first-order valence-electron chi connectivity index (χ1n) is 4.77. The molecule has 2 aromatic heterocycles. The third-order valence-corrected chi connectivity index (χ3v) is 1.82. The van der Waals surface area contributed by atoms with Crippen LogP contribution in [0.2, 0.25) is 0 Å². The Morgan fingerprint density at radius 3 is 3.00 bits per heavy atom. The molecule has 0 unspecified atom stereocenters. The Kier molecular flexibility index (Phi) is 2.32. The van der Waals surface area contributed by atoms with Gasteiger partial charge in [-0.3, -0.25) is 0 Å². The van der Waals surface area contributed by atoms with Gasteiger partial charge >= 0.3 is 0 Å². The quantitative estimate of drug-likeness (QED) is 0.808. The molecule has 5 nitrogen and oxygen atoms in total. The summed E-state index contributed by atoms with van der Waals surface area (Å²) in [5.74, 6) is 0.555. The van der Waals surface area contributed by atoms with Gasteiger partial charge in [-0.15, -0.1) is 5.10 Å². The second-order valence-corrected chi connectivity index (χ2v) is 4.18. The first kappa shape index (κ1) is 9.92. The second-order valence-electron chi connectivity index (χ2n) is 4.18. The van der Waals surface area contributed by atoms with Gasteiger partial charge in [-0.25, -0.2) is 9.50 Å². The van der Waals surface area contributed by atoms with Crippen molar-refractivity contribution in [2.75, 3.05) is 6.61 Å². The van der Waals surface area contributed by atoms with Gasteiger partial charge in [0.2, 0.25) is 5.88 Å². The maximum absolute atomic E-state index is 5.80. The summed E-state index contributed by atoms with van der Waals surface area (Å²) in [6.07, 6.45) is 3.47. The third-order valence-electron chi connectivity index (χ3n) is 1.82. The Morgan fingerprint density at radius 2 is 2.27 bits per heavy atom. The number of hydrogen-bond donors (Lipinski definition) is 1. The average Bonchev–Trinajstić information content (AvgIpc) is 2.60. The van der Waals surface area contributed by atoms with Gasteiger partial charge in [0.15, 0.2) is 5.65 Å². The second kappa shape index (κ2) is 3.51. The highest BCUT2D eigenvalue weighted by Gasteiger charge is 2.12. The van der Waals surface area contributed by atoms with Gasteiger partial charge in [0, 0.05) is 24.0 Å². The fourth-order valence-electron chi connectivity index (χ4n) is 1.13. The van der Waals surface area contributed by atoms with E-state index in [4.69, 9.17) is 10.5 Å². The number of fused-ring (bicyclic) bond motifs is 1. The largest absolute Gasteiger partial charge is 0.475 e. The van der Waals surface area contributed by atoms with Crippen LogP contribution < -0.4 is 10.5 Å². The molecular formula is C10H14N4O. The molecule has 0 radical (unpaired) electrons. The molecule has 0 amide bonds. The predicted molar refractivity (Wildman–Crippen MR) is 56.7 cm³/mol. The van der Waals surface area contributed by atoms with Gasteiger partial charge in [-0.05, 0) is 19.9 Å². The zero-order chi connectivity index (χ0) is 10.9. The molecule has 0 aromatic carbocycles. The first-order chi connectivity index (χ1) is 7.04. The summed E-state index contributed by atoms with van der Waals surface area (Å²) in [6.45, 7) is 4.24. The zero-order valence-corrected chi connectivity index (χ0v) is 8.84. The van der Waals surface area contributed by atoms with E-state index >= 15 is 0 Å². The van der Waals surface area contributed by atoms with Crippen LogP contribution in [0.25, 0.3) is 5.65 Å². The van der Waals surface area contributed by atoms with Crippen LogP contribution in [-0.2, 0) is 0 Å². The molecule has 0 fully saturated rings. The molecular weight excluding hydrogens is 192 g/mol. The number of hydrogen-bond acceptors (Lipinski definition) is 4. The molecule has 0 saturated heterocycles. The molecule has 80 valence electrons. The third kappa shape index (κ3) is 2.44. The van der Waals surface area contributed by atoms with Gasteiger partial charge in [0.1, 0.15) is 6.61 Å². The molecule has 2 rings (SSSR count). The van der Waals surface area contributed by atoms with Crippen LogP contribution in [-0.4, -0.2) is 26.7 Å². The van der Waals surface area contributed by atoms with Crippen molar-refractivity contribution in [2.24, 2.45) is 5.73 Å². The molecule has 0 atom stereocenters. The fraction of sp³-hybridized carbons (Fsp3) is 0.400. The maximum Gasteiger partial charge on any atom is 0.231 e. The lowest BCUT2D eigenvalue weighted by atomic mass is 10.1. The summed E-state index contributed by atoms with van der Waals surface area (Å²) in [5.41, 5.74) is 6.25. The lowest BCUT2D eigenvalue weighted by Gasteiger charge is -2.18. The number of aromatic nitrogens is 3. The van der Waals surface area contributed by atoms with Gasteiger partial charge in [-0.2, -0.15) is 0 Å². The highest BCUT2D eigenvalue weighted by molar-refractivity contribution is 5.37. The smallest absolute Gasteiger partial charge is 0.231 e. The molecule has 2 N–H and O–H groups in total. The van der Waals surface area contributed by atoms with E-state index in [9.17, 15) is 0 Å². The van der Waals surface area contributed by atoms with E-state index in [1.807, 2.05) is 19.9 Å². The van der Waals surface area contributed by atoms with Crippen LogP contribution in [0, 0.1) is 0 Å². The van der Waals surface area contributed by atoms with Crippen molar-refractivity contribution >= 4 is 5.65 Å². The van der Waals surface area contributed by atoms with Crippen LogP contribution in [0.4, 0.5) is 0 Å². The van der Waals surface area contributed by atoms with E-state index in [0.717, 1.165) is 5.65 Å². The van der Waals surface area contributed by atoms with Crippen LogP contribution in [0.1, 0.15) is 13.8 Å². The van der Waals surface area contributed by atoms with E-state index in [1.165, 1.54) is 0 Å². The van der Waals surface area contributed by atoms with Crippen LogP contribution in [0.15, 0.2) is 24.5 Å². The lowest BCUT2D eigenvalue weighted by Crippen LogP contribution is -2.38. The molecule has 5 heteroatoms. The first-order valence-corrected chi connectivity index (χ1v) is 4.77. The van der Waals surface area contributed by atoms with Crippen LogP contribution in [0.5, 0.6) is 5.88 Å². The highest BCUT2D eigenvalue weighted by Crippen LogP contribution is 2.09. The van der Waals surface area contributed by atoms with E-state index in [1.54, 1.807) is 23.0 Å². The van der Waals surface area contributed by atoms with Crippen molar-refractivity contribution in [3.05, 3.63) is 24.5 Å². The van der Waals surface area contributed by atoms with Crippen molar-refractivity contribution in [3.8, 4) is 5.88 Å². The Labute approximate surface area is 87.9 Å². The zero-order valence-electron chi connectivity index (χ0n) is 8.84. The standard InChI is InChI=1S/C10H14N4O/c1-10(2,11)7-15-9-4-3-8-12-5-6-14(8)13-9/h3-6H,7,11H2,1-2H3. The minimum absolute atomic E-state index is 0.356. The Balaban J connectivity index is 2.15. The Morgan fingerprint density at radius 1 is 1.47 bits per heavy atom. The molecule has 0 bridgehead atoms. The molecule has 2 heterocycles. The van der Waals surface area contributed by atoms with Crippen molar-refractivity contribution in [1.29, 1.82) is 0 Å². The fourth-order valence-corrected chi connectivity index (χ4v) is 1.13. The van der Waals surface area contributed by atoms with E-state index in [2.05, 4.69) is 10.1 Å². The molecule has 2 aromatic rings. The Hall–Kier alpha value is -1.62. The topological polar surface area (TPSA) is 65.4 Å². The lowest BCUT2D eigenvalue weighted by molar-refractivity contribution is 0.232. The number of rotatable bonds is 3. The van der Waals surface area contributed by atoms with Crippen molar-refractivity contribution < 1.29 is 4.74 Å². The van der Waals surface area contributed by atoms with Crippen molar-refractivity contribution in [3.63, 3.8) is 0 Å². The summed E-state index contributed by atoms with van der Waals surface area (Å²) in [7, 11) is 0. The maximum atomic E-state index is 5.80. The number of ether oxygens (including phenoxy) is 1. The predicted octanol–water partition coefficient (Wildman–Crippen LogP) is 0.845. The van der Waals surface area contributed by atoms with Gasteiger partial charge < -0.3 is 10.5 Å². The molecule has 0 aliphatic carbocycles. The van der Waals surface area contributed by atoms with Gasteiger partial charge in [0.25, 0.3) is 0 Å². The minimum atomic E-state index is -0.356. The molecule has 0 aliphatic rings. The van der Waals surface area contributed by atoms with Gasteiger partial charge in [-0.1, -0.05) is 0 Å². The SMILES string of the molecule is CC(C)(N)COc1ccc2nccn2n1. The van der Waals surface area contributed by atoms with Gasteiger partial charge in [0.05, 0.1) is 0 Å². The van der Waals surface area contributed by atoms with Crippen molar-refractivity contribution in [1.82, 2.24) is 14.6 Å². The summed E-state index contributed by atoms with van der Waals surface area (Å²) in [5, 5.41) is 4.21. The molecule has 0 saturated carbocycles. The molecule has 0 aliphatic heterocycles. The number of imidazole rings is 1. The highest BCUT2D eigenvalue weighted by atomic mass is 16.5. The van der Waals surface area contributed by atoms with E-state index < -0.39 is 0 Å². The monoisotopic (exact) mass is 206 g/mol. The number of nitrogens with two attached hydrogens (primary N) is 1. The summed E-state index contributed by atoms with van der Waals surface area (Å²) in [6, 6.07) is 3.64. The van der Waals surface area contributed by atoms with Crippen LogP contribution >= 0.6 is 0 Å².